The summed E-state index contributed by atoms with van der Waals surface area (Å²) >= 11 is 0. The highest BCUT2D eigenvalue weighted by molar-refractivity contribution is 5.77. The standard InChI is InChI=1S/C20H24N4/c1-2-5-16(6-3-1)18-7-4-13-24(15-18)14-12-21-19-9-8-17-10-11-22-20(17)23-19/h1-3,5-6,8-11,18H,4,7,12-15H2,(H2,21,22,23). The summed E-state index contributed by atoms with van der Waals surface area (Å²) in [4.78, 5) is 10.3. The zero-order chi connectivity index (χ0) is 16.2. The third kappa shape index (κ3) is 3.44. The van der Waals surface area contributed by atoms with E-state index in [0.717, 1.165) is 36.5 Å². The van der Waals surface area contributed by atoms with Gasteiger partial charge in [-0.3, -0.25) is 0 Å². The van der Waals surface area contributed by atoms with E-state index in [9.17, 15) is 0 Å². The van der Waals surface area contributed by atoms with E-state index in [1.165, 1.54) is 24.9 Å². The molecule has 2 aromatic heterocycles. The van der Waals surface area contributed by atoms with E-state index in [2.05, 4.69) is 62.6 Å². The minimum Gasteiger partial charge on any atom is -0.369 e. The molecule has 1 aliphatic heterocycles. The Labute approximate surface area is 142 Å². The van der Waals surface area contributed by atoms with Crippen LogP contribution in [0.5, 0.6) is 0 Å². The van der Waals surface area contributed by atoms with Gasteiger partial charge in [-0.1, -0.05) is 30.3 Å². The highest BCUT2D eigenvalue weighted by Crippen LogP contribution is 2.26. The molecule has 2 N–H and O–H groups in total. The van der Waals surface area contributed by atoms with Gasteiger partial charge in [-0.05, 0) is 49.1 Å². The number of benzene rings is 1. The number of nitrogens with one attached hydrogen (secondary N) is 2. The molecule has 0 saturated carbocycles. The number of hydrogen-bond acceptors (Lipinski definition) is 3. The molecule has 0 spiro atoms. The van der Waals surface area contributed by atoms with E-state index in [0.29, 0.717) is 5.92 Å². The summed E-state index contributed by atoms with van der Waals surface area (Å²) in [6.07, 6.45) is 4.52. The number of fused-ring (bicyclic) bond motifs is 1. The molecule has 3 aromatic rings. The fraction of sp³-hybridized carbons (Fsp3) is 0.350. The zero-order valence-electron chi connectivity index (χ0n) is 13.9. The zero-order valence-corrected chi connectivity index (χ0v) is 13.9. The highest BCUT2D eigenvalue weighted by Gasteiger charge is 2.20. The van der Waals surface area contributed by atoms with Crippen LogP contribution in [-0.4, -0.2) is 41.0 Å². The Morgan fingerprint density at radius 2 is 2.04 bits per heavy atom. The molecule has 1 saturated heterocycles. The third-order valence-corrected chi connectivity index (χ3v) is 4.92. The smallest absolute Gasteiger partial charge is 0.139 e. The van der Waals surface area contributed by atoms with Gasteiger partial charge in [0.15, 0.2) is 0 Å². The molecule has 1 unspecified atom stereocenters. The van der Waals surface area contributed by atoms with Crippen molar-refractivity contribution in [3.8, 4) is 0 Å². The third-order valence-electron chi connectivity index (χ3n) is 4.92. The van der Waals surface area contributed by atoms with E-state index in [1.54, 1.807) is 0 Å². The molecule has 0 aliphatic carbocycles. The summed E-state index contributed by atoms with van der Waals surface area (Å²) in [5.41, 5.74) is 2.43. The molecule has 3 heterocycles. The SMILES string of the molecule is c1ccc(C2CCCN(CCNc3ccc4cc[nH]c4n3)C2)cc1. The highest BCUT2D eigenvalue weighted by atomic mass is 15.2. The Kier molecular flexibility index (Phi) is 4.47. The number of nitrogens with zero attached hydrogens (tertiary/aromatic N) is 2. The first kappa shape index (κ1) is 15.2. The lowest BCUT2D eigenvalue weighted by Gasteiger charge is -2.33. The van der Waals surface area contributed by atoms with Crippen molar-refractivity contribution in [1.29, 1.82) is 0 Å². The van der Waals surface area contributed by atoms with Crippen molar-refractivity contribution in [3.63, 3.8) is 0 Å². The van der Waals surface area contributed by atoms with Gasteiger partial charge in [0.2, 0.25) is 0 Å². The van der Waals surface area contributed by atoms with Gasteiger partial charge in [0.1, 0.15) is 11.5 Å². The van der Waals surface area contributed by atoms with Crippen LogP contribution in [0, 0.1) is 0 Å². The number of hydrogen-bond donors (Lipinski definition) is 2. The van der Waals surface area contributed by atoms with Crippen molar-refractivity contribution in [1.82, 2.24) is 14.9 Å². The fourth-order valence-corrected chi connectivity index (χ4v) is 3.63. The Morgan fingerprint density at radius 1 is 1.12 bits per heavy atom. The second kappa shape index (κ2) is 7.05. The molecular weight excluding hydrogens is 296 g/mol. The van der Waals surface area contributed by atoms with Crippen molar-refractivity contribution in [2.75, 3.05) is 31.5 Å². The normalized spacial score (nSPS) is 18.8. The van der Waals surface area contributed by atoms with Crippen molar-refractivity contribution in [2.45, 2.75) is 18.8 Å². The number of aromatic nitrogens is 2. The molecule has 0 amide bonds. The van der Waals surface area contributed by atoms with E-state index in [1.807, 2.05) is 12.3 Å². The quantitative estimate of drug-likeness (QED) is 0.750. The van der Waals surface area contributed by atoms with Gasteiger partial charge in [-0.15, -0.1) is 0 Å². The second-order valence-corrected chi connectivity index (χ2v) is 6.59. The van der Waals surface area contributed by atoms with Crippen LogP contribution in [0.1, 0.15) is 24.3 Å². The molecule has 1 aromatic carbocycles. The summed E-state index contributed by atoms with van der Waals surface area (Å²) in [5.74, 6) is 1.62. The van der Waals surface area contributed by atoms with Crippen LogP contribution in [0.25, 0.3) is 11.0 Å². The first-order chi connectivity index (χ1) is 11.9. The van der Waals surface area contributed by atoms with Crippen molar-refractivity contribution >= 4 is 16.9 Å². The summed E-state index contributed by atoms with van der Waals surface area (Å²) in [5, 5.41) is 4.61. The number of pyridine rings is 1. The van der Waals surface area contributed by atoms with E-state index in [-0.39, 0.29) is 0 Å². The predicted octanol–water partition coefficient (Wildman–Crippen LogP) is 3.85. The minimum absolute atomic E-state index is 0.674. The maximum absolute atomic E-state index is 4.60. The fourth-order valence-electron chi connectivity index (χ4n) is 3.63. The Morgan fingerprint density at radius 3 is 2.96 bits per heavy atom. The second-order valence-electron chi connectivity index (χ2n) is 6.59. The number of likely N-dealkylation sites (tertiary alicyclic amines) is 1. The van der Waals surface area contributed by atoms with Gasteiger partial charge in [-0.2, -0.15) is 0 Å². The first-order valence-electron chi connectivity index (χ1n) is 8.84. The monoisotopic (exact) mass is 320 g/mol. The number of anilines is 1. The lowest BCUT2D eigenvalue weighted by Crippen LogP contribution is -2.37. The molecule has 1 atom stereocenters. The van der Waals surface area contributed by atoms with E-state index < -0.39 is 0 Å². The molecule has 0 bridgehead atoms. The number of H-pyrrole nitrogens is 1. The van der Waals surface area contributed by atoms with Crippen LogP contribution in [0.3, 0.4) is 0 Å². The van der Waals surface area contributed by atoms with Crippen LogP contribution >= 0.6 is 0 Å². The van der Waals surface area contributed by atoms with Crippen molar-refractivity contribution < 1.29 is 0 Å². The van der Waals surface area contributed by atoms with Crippen LogP contribution in [0.2, 0.25) is 0 Å². The van der Waals surface area contributed by atoms with Gasteiger partial charge >= 0.3 is 0 Å². The Bertz CT molecular complexity index is 780. The summed E-state index contributed by atoms with van der Waals surface area (Å²) < 4.78 is 0. The van der Waals surface area contributed by atoms with Gasteiger partial charge in [0.05, 0.1) is 0 Å². The van der Waals surface area contributed by atoms with Crippen LogP contribution in [0.4, 0.5) is 5.82 Å². The van der Waals surface area contributed by atoms with Crippen molar-refractivity contribution in [2.24, 2.45) is 0 Å². The molecule has 4 nitrogen and oxygen atoms in total. The molecule has 4 heteroatoms. The maximum atomic E-state index is 4.60. The molecular formula is C20H24N4. The maximum Gasteiger partial charge on any atom is 0.139 e. The number of piperidine rings is 1. The Hall–Kier alpha value is -2.33. The van der Waals surface area contributed by atoms with Crippen molar-refractivity contribution in [3.05, 3.63) is 60.3 Å². The molecule has 1 fully saturated rings. The summed E-state index contributed by atoms with van der Waals surface area (Å²) in [6.45, 7) is 4.36. The largest absolute Gasteiger partial charge is 0.369 e. The minimum atomic E-state index is 0.674. The Balaban J connectivity index is 1.30. The number of rotatable bonds is 5. The average molecular weight is 320 g/mol. The lowest BCUT2D eigenvalue weighted by molar-refractivity contribution is 0.215. The van der Waals surface area contributed by atoms with Crippen LogP contribution in [0.15, 0.2) is 54.7 Å². The predicted molar refractivity (Wildman–Crippen MR) is 99.4 cm³/mol. The molecule has 4 rings (SSSR count). The van der Waals surface area contributed by atoms with Gasteiger partial charge in [0, 0.05) is 31.2 Å². The van der Waals surface area contributed by atoms with E-state index >= 15 is 0 Å². The van der Waals surface area contributed by atoms with Gasteiger partial charge in [-0.25, -0.2) is 4.98 Å². The molecule has 1 aliphatic rings. The van der Waals surface area contributed by atoms with E-state index in [4.69, 9.17) is 0 Å². The van der Waals surface area contributed by atoms with Gasteiger partial charge < -0.3 is 15.2 Å². The molecule has 24 heavy (non-hydrogen) atoms. The molecule has 124 valence electrons. The first-order valence-corrected chi connectivity index (χ1v) is 8.84. The van der Waals surface area contributed by atoms with Gasteiger partial charge in [0.25, 0.3) is 0 Å². The summed E-state index contributed by atoms with van der Waals surface area (Å²) in [7, 11) is 0. The van der Waals surface area contributed by atoms with Crippen LogP contribution < -0.4 is 5.32 Å². The lowest BCUT2D eigenvalue weighted by atomic mass is 9.91. The van der Waals surface area contributed by atoms with Crippen LogP contribution in [-0.2, 0) is 0 Å². The average Bonchev–Trinajstić information content (AvgIpc) is 3.11. The number of aromatic amines is 1. The topological polar surface area (TPSA) is 44.0 Å². The summed E-state index contributed by atoms with van der Waals surface area (Å²) in [6, 6.07) is 17.1. The molecule has 0 radical (unpaired) electrons.